The van der Waals surface area contributed by atoms with E-state index in [-0.39, 0.29) is 5.41 Å². The molecular weight excluding hydrogens is 645 g/mol. The molecule has 0 radical (unpaired) electrons. The van der Waals surface area contributed by atoms with Gasteiger partial charge in [-0.2, -0.15) is 0 Å². The SMILES string of the molecule is CC1(C)c2ccccc2-c2ccc(-c3c4ccccc4c(-c4ccc5oc6cc7cc8oc9ccccc9c8cc7cc6c5c4)c4ccccc34)cc21. The zero-order chi connectivity index (χ0) is 35.0. The van der Waals surface area contributed by atoms with Crippen molar-refractivity contribution >= 4 is 76.2 Å². The van der Waals surface area contributed by atoms with E-state index >= 15 is 0 Å². The van der Waals surface area contributed by atoms with Crippen molar-refractivity contribution in [1.29, 1.82) is 0 Å². The van der Waals surface area contributed by atoms with Gasteiger partial charge in [0.15, 0.2) is 0 Å². The maximum atomic E-state index is 6.52. The van der Waals surface area contributed by atoms with Crippen LogP contribution in [0.3, 0.4) is 0 Å². The number of fused-ring (bicyclic) bond motifs is 12. The summed E-state index contributed by atoms with van der Waals surface area (Å²) in [4.78, 5) is 0. The zero-order valence-electron chi connectivity index (χ0n) is 29.3. The van der Waals surface area contributed by atoms with Crippen molar-refractivity contribution in [2.75, 3.05) is 0 Å². The van der Waals surface area contributed by atoms with Crippen LogP contribution < -0.4 is 0 Å². The maximum Gasteiger partial charge on any atom is 0.136 e. The van der Waals surface area contributed by atoms with Crippen molar-refractivity contribution in [2.24, 2.45) is 0 Å². The van der Waals surface area contributed by atoms with E-state index in [4.69, 9.17) is 8.83 Å². The van der Waals surface area contributed by atoms with Crippen molar-refractivity contribution in [3.05, 3.63) is 169 Å². The van der Waals surface area contributed by atoms with Crippen molar-refractivity contribution in [3.63, 3.8) is 0 Å². The Labute approximate surface area is 305 Å². The van der Waals surface area contributed by atoms with Crippen molar-refractivity contribution in [1.82, 2.24) is 0 Å². The van der Waals surface area contributed by atoms with Gasteiger partial charge in [-0.05, 0) is 125 Å². The molecule has 1 aliphatic rings. The topological polar surface area (TPSA) is 26.3 Å². The Morgan fingerprint density at radius 3 is 1.49 bits per heavy atom. The average molecular weight is 677 g/mol. The maximum absolute atomic E-state index is 6.52. The normalized spacial score (nSPS) is 13.6. The van der Waals surface area contributed by atoms with E-state index in [1.807, 2.05) is 12.1 Å². The number of furan rings is 2. The van der Waals surface area contributed by atoms with Crippen molar-refractivity contribution < 1.29 is 8.83 Å². The lowest BCUT2D eigenvalue weighted by molar-refractivity contribution is 0.660. The molecule has 1 aliphatic carbocycles. The standard InChI is InChI=1S/C51H32O2/c1-51(2)43-17-9-7-11-33(43)34-21-19-30(26-44(34)51)50-38-15-5-3-13-36(38)49(37-14-4-6-16-39(37)50)29-20-22-46-41(23-29)42-25-31-24-40-35-12-8-10-18-45(35)52-47(40)27-32(31)28-48(42)53-46/h3-28H,1-2H3. The quantitative estimate of drug-likeness (QED) is 0.170. The summed E-state index contributed by atoms with van der Waals surface area (Å²) in [6.07, 6.45) is 0. The minimum absolute atomic E-state index is 0.0695. The van der Waals surface area contributed by atoms with E-state index in [0.29, 0.717) is 0 Å². The third-order valence-corrected chi connectivity index (χ3v) is 12.0. The molecule has 12 rings (SSSR count). The summed E-state index contributed by atoms with van der Waals surface area (Å²) >= 11 is 0. The first-order valence-corrected chi connectivity index (χ1v) is 18.4. The highest BCUT2D eigenvalue weighted by atomic mass is 16.3. The van der Waals surface area contributed by atoms with Crippen LogP contribution >= 0.6 is 0 Å². The first-order valence-electron chi connectivity index (χ1n) is 18.4. The second-order valence-corrected chi connectivity index (χ2v) is 15.2. The summed E-state index contributed by atoms with van der Waals surface area (Å²) < 4.78 is 12.7. The van der Waals surface area contributed by atoms with Crippen LogP contribution in [-0.2, 0) is 5.41 Å². The lowest BCUT2D eigenvalue weighted by atomic mass is 9.80. The third-order valence-electron chi connectivity index (χ3n) is 12.0. The summed E-state index contributed by atoms with van der Waals surface area (Å²) in [5.41, 5.74) is 14.0. The highest BCUT2D eigenvalue weighted by Crippen LogP contribution is 2.51. The van der Waals surface area contributed by atoms with Gasteiger partial charge in [0, 0.05) is 27.0 Å². The fourth-order valence-corrected chi connectivity index (χ4v) is 9.51. The molecule has 0 bridgehead atoms. The molecule has 0 aliphatic heterocycles. The molecule has 11 aromatic rings. The van der Waals surface area contributed by atoms with Crippen LogP contribution in [0.15, 0.2) is 167 Å². The Bertz CT molecular complexity index is 3310. The van der Waals surface area contributed by atoms with E-state index in [1.165, 1.54) is 71.4 Å². The van der Waals surface area contributed by atoms with Crippen molar-refractivity contribution in [2.45, 2.75) is 19.3 Å². The zero-order valence-corrected chi connectivity index (χ0v) is 29.3. The summed E-state index contributed by atoms with van der Waals surface area (Å²) in [6.45, 7) is 4.72. The number of rotatable bonds is 2. The molecule has 53 heavy (non-hydrogen) atoms. The molecule has 248 valence electrons. The lowest BCUT2D eigenvalue weighted by Crippen LogP contribution is -2.14. The molecule has 9 aromatic carbocycles. The van der Waals surface area contributed by atoms with Gasteiger partial charge in [0.2, 0.25) is 0 Å². The van der Waals surface area contributed by atoms with Crippen LogP contribution in [0, 0.1) is 0 Å². The Balaban J connectivity index is 1.08. The van der Waals surface area contributed by atoms with Gasteiger partial charge >= 0.3 is 0 Å². The second-order valence-electron chi connectivity index (χ2n) is 15.2. The van der Waals surface area contributed by atoms with Crippen molar-refractivity contribution in [3.8, 4) is 33.4 Å². The van der Waals surface area contributed by atoms with Gasteiger partial charge in [-0.25, -0.2) is 0 Å². The molecule has 2 heteroatoms. The second kappa shape index (κ2) is 10.2. The summed E-state index contributed by atoms with van der Waals surface area (Å²) in [7, 11) is 0. The predicted molar refractivity (Wildman–Crippen MR) is 222 cm³/mol. The molecule has 0 atom stereocenters. The van der Waals surface area contributed by atoms with Gasteiger partial charge in [0.1, 0.15) is 22.3 Å². The third kappa shape index (κ3) is 3.93. The summed E-state index contributed by atoms with van der Waals surface area (Å²) in [6, 6.07) is 57.7. The Morgan fingerprint density at radius 2 is 0.811 bits per heavy atom. The van der Waals surface area contributed by atoms with Crippen LogP contribution in [-0.4, -0.2) is 0 Å². The summed E-state index contributed by atoms with van der Waals surface area (Å²) in [5.74, 6) is 0. The molecule has 2 heterocycles. The number of para-hydroxylation sites is 1. The first-order chi connectivity index (χ1) is 26.0. The van der Waals surface area contributed by atoms with Gasteiger partial charge in [-0.3, -0.25) is 0 Å². The van der Waals surface area contributed by atoms with Crippen LogP contribution in [0.1, 0.15) is 25.0 Å². The molecule has 0 saturated carbocycles. The van der Waals surface area contributed by atoms with Crippen LogP contribution in [0.5, 0.6) is 0 Å². The van der Waals surface area contributed by atoms with E-state index in [0.717, 1.165) is 49.3 Å². The Kier molecular flexibility index (Phi) is 5.60. The average Bonchev–Trinajstić information content (AvgIpc) is 3.81. The van der Waals surface area contributed by atoms with Gasteiger partial charge < -0.3 is 8.83 Å². The van der Waals surface area contributed by atoms with Crippen LogP contribution in [0.4, 0.5) is 0 Å². The first kappa shape index (κ1) is 29.0. The van der Waals surface area contributed by atoms with Crippen LogP contribution in [0.2, 0.25) is 0 Å². The van der Waals surface area contributed by atoms with Gasteiger partial charge in [0.05, 0.1) is 0 Å². The van der Waals surface area contributed by atoms with Crippen LogP contribution in [0.25, 0.3) is 110 Å². The molecule has 2 aromatic heterocycles. The number of hydrogen-bond acceptors (Lipinski definition) is 2. The molecule has 2 nitrogen and oxygen atoms in total. The van der Waals surface area contributed by atoms with E-state index in [2.05, 4.69) is 159 Å². The largest absolute Gasteiger partial charge is 0.456 e. The van der Waals surface area contributed by atoms with E-state index in [9.17, 15) is 0 Å². The molecule has 0 fully saturated rings. The predicted octanol–water partition coefficient (Wildman–Crippen LogP) is 14.6. The number of benzene rings is 9. The molecule has 0 N–H and O–H groups in total. The minimum Gasteiger partial charge on any atom is -0.456 e. The Morgan fingerprint density at radius 1 is 0.340 bits per heavy atom. The highest BCUT2D eigenvalue weighted by molar-refractivity contribution is 6.23. The number of hydrogen-bond donors (Lipinski definition) is 0. The highest BCUT2D eigenvalue weighted by Gasteiger charge is 2.35. The smallest absolute Gasteiger partial charge is 0.136 e. The van der Waals surface area contributed by atoms with E-state index in [1.54, 1.807) is 0 Å². The fourth-order valence-electron chi connectivity index (χ4n) is 9.51. The molecule has 0 unspecified atom stereocenters. The molecule has 0 amide bonds. The Hall–Kier alpha value is -6.64. The minimum atomic E-state index is -0.0695. The van der Waals surface area contributed by atoms with Gasteiger partial charge in [-0.1, -0.05) is 123 Å². The fraction of sp³-hybridized carbons (Fsp3) is 0.0588. The molecule has 0 spiro atoms. The van der Waals surface area contributed by atoms with Gasteiger partial charge in [-0.15, -0.1) is 0 Å². The summed E-state index contributed by atoms with van der Waals surface area (Å²) in [5, 5.41) is 11.8. The monoisotopic (exact) mass is 676 g/mol. The lowest BCUT2D eigenvalue weighted by Gasteiger charge is -2.23. The molecular formula is C51H32O2. The van der Waals surface area contributed by atoms with Gasteiger partial charge in [0.25, 0.3) is 0 Å². The van der Waals surface area contributed by atoms with E-state index < -0.39 is 0 Å². The molecule has 0 saturated heterocycles.